The maximum atomic E-state index is 12.3. The quantitative estimate of drug-likeness (QED) is 0.812. The fourth-order valence-electron chi connectivity index (χ4n) is 3.38. The van der Waals surface area contributed by atoms with Crippen molar-refractivity contribution in [3.05, 3.63) is 0 Å². The zero-order valence-electron chi connectivity index (χ0n) is 11.7. The average Bonchev–Trinajstić information content (AvgIpc) is 2.93. The Labute approximate surface area is 119 Å². The molecular weight excluding hydrogens is 260 g/mol. The van der Waals surface area contributed by atoms with Crippen molar-refractivity contribution < 1.29 is 9.53 Å². The number of nitrogens with one attached hydrogen (secondary N) is 2. The molecule has 3 rings (SSSR count). The first-order valence-electron chi connectivity index (χ1n) is 7.51. The molecule has 1 saturated carbocycles. The number of thioether (sulfide) groups is 1. The largest absolute Gasteiger partial charge is 0.365 e. The van der Waals surface area contributed by atoms with Gasteiger partial charge >= 0.3 is 0 Å². The van der Waals surface area contributed by atoms with Gasteiger partial charge in [-0.2, -0.15) is 0 Å². The van der Waals surface area contributed by atoms with E-state index in [9.17, 15) is 4.79 Å². The molecule has 2 heterocycles. The first-order chi connectivity index (χ1) is 9.13. The van der Waals surface area contributed by atoms with Crippen LogP contribution in [0.15, 0.2) is 0 Å². The molecule has 108 valence electrons. The van der Waals surface area contributed by atoms with E-state index in [1.807, 2.05) is 0 Å². The number of amides is 1. The van der Waals surface area contributed by atoms with Gasteiger partial charge in [-0.05, 0) is 32.1 Å². The first kappa shape index (κ1) is 13.7. The predicted molar refractivity (Wildman–Crippen MR) is 76.8 cm³/mol. The Morgan fingerprint density at radius 3 is 2.79 bits per heavy atom. The SMILES string of the molecule is CC1NC(NC(=O)C2CC3CCCCC3O2)SC1C. The van der Waals surface area contributed by atoms with E-state index in [-0.39, 0.29) is 17.5 Å². The fraction of sp³-hybridized carbons (Fsp3) is 0.929. The highest BCUT2D eigenvalue weighted by Gasteiger charge is 2.40. The van der Waals surface area contributed by atoms with E-state index in [0.717, 1.165) is 12.8 Å². The summed E-state index contributed by atoms with van der Waals surface area (Å²) in [6.45, 7) is 4.35. The molecule has 6 atom stereocenters. The van der Waals surface area contributed by atoms with Crippen molar-refractivity contribution in [1.82, 2.24) is 10.6 Å². The Bertz CT molecular complexity index is 328. The van der Waals surface area contributed by atoms with Gasteiger partial charge in [-0.3, -0.25) is 10.1 Å². The summed E-state index contributed by atoms with van der Waals surface area (Å²) in [5.74, 6) is 0.687. The highest BCUT2D eigenvalue weighted by Crippen LogP contribution is 2.37. The Morgan fingerprint density at radius 2 is 2.11 bits per heavy atom. The van der Waals surface area contributed by atoms with Gasteiger partial charge in [0.1, 0.15) is 11.6 Å². The van der Waals surface area contributed by atoms with Crippen molar-refractivity contribution in [2.45, 2.75) is 74.9 Å². The van der Waals surface area contributed by atoms with Crippen LogP contribution in [0.3, 0.4) is 0 Å². The van der Waals surface area contributed by atoms with Crippen LogP contribution in [0.5, 0.6) is 0 Å². The molecule has 3 aliphatic rings. The lowest BCUT2D eigenvalue weighted by atomic mass is 9.85. The number of fused-ring (bicyclic) bond motifs is 1. The summed E-state index contributed by atoms with van der Waals surface area (Å²) in [4.78, 5) is 12.3. The van der Waals surface area contributed by atoms with E-state index in [0.29, 0.717) is 23.3 Å². The lowest BCUT2D eigenvalue weighted by Crippen LogP contribution is -2.46. The van der Waals surface area contributed by atoms with Crippen molar-refractivity contribution in [3.8, 4) is 0 Å². The van der Waals surface area contributed by atoms with Gasteiger partial charge in [0.2, 0.25) is 0 Å². The van der Waals surface area contributed by atoms with Gasteiger partial charge in [0.15, 0.2) is 0 Å². The van der Waals surface area contributed by atoms with Gasteiger partial charge in [0.05, 0.1) is 6.10 Å². The molecule has 19 heavy (non-hydrogen) atoms. The predicted octanol–water partition coefficient (Wildman–Crippen LogP) is 1.85. The second kappa shape index (κ2) is 5.62. The number of rotatable bonds is 2. The molecule has 1 aliphatic carbocycles. The van der Waals surface area contributed by atoms with Crippen molar-refractivity contribution in [2.24, 2.45) is 5.92 Å². The minimum atomic E-state index is -0.221. The van der Waals surface area contributed by atoms with Crippen LogP contribution < -0.4 is 10.6 Å². The van der Waals surface area contributed by atoms with Gasteiger partial charge in [-0.1, -0.05) is 19.8 Å². The molecule has 0 aromatic rings. The van der Waals surface area contributed by atoms with Crippen LogP contribution in [-0.4, -0.2) is 34.9 Å². The van der Waals surface area contributed by atoms with Gasteiger partial charge in [-0.15, -0.1) is 11.8 Å². The normalized spacial score (nSPS) is 46.0. The Hall–Kier alpha value is -0.260. The zero-order valence-corrected chi connectivity index (χ0v) is 12.5. The second-order valence-electron chi connectivity index (χ2n) is 6.13. The molecule has 5 heteroatoms. The van der Waals surface area contributed by atoms with E-state index < -0.39 is 0 Å². The fourth-order valence-corrected chi connectivity index (χ4v) is 4.60. The monoisotopic (exact) mass is 284 g/mol. The molecule has 1 amide bonds. The molecule has 0 spiro atoms. The molecule has 6 unspecified atom stereocenters. The molecule has 0 radical (unpaired) electrons. The minimum absolute atomic E-state index is 0.0451. The summed E-state index contributed by atoms with van der Waals surface area (Å²) in [5, 5.41) is 7.01. The topological polar surface area (TPSA) is 50.4 Å². The minimum Gasteiger partial charge on any atom is -0.365 e. The first-order valence-corrected chi connectivity index (χ1v) is 8.45. The molecule has 3 fully saturated rings. The van der Waals surface area contributed by atoms with Crippen LogP contribution in [0, 0.1) is 5.92 Å². The van der Waals surface area contributed by atoms with Crippen molar-refractivity contribution >= 4 is 17.7 Å². The summed E-state index contributed by atoms with van der Waals surface area (Å²) >= 11 is 1.79. The molecule has 0 aromatic heterocycles. The number of hydrogen-bond acceptors (Lipinski definition) is 4. The summed E-state index contributed by atoms with van der Waals surface area (Å²) in [6, 6.07) is 0.447. The number of ether oxygens (including phenoxy) is 1. The van der Waals surface area contributed by atoms with Crippen LogP contribution in [0.25, 0.3) is 0 Å². The Balaban J connectivity index is 1.51. The van der Waals surface area contributed by atoms with Gasteiger partial charge < -0.3 is 10.1 Å². The molecule has 0 aromatic carbocycles. The molecule has 2 aliphatic heterocycles. The van der Waals surface area contributed by atoms with E-state index in [1.165, 1.54) is 19.3 Å². The summed E-state index contributed by atoms with van der Waals surface area (Å²) in [6.07, 6.45) is 5.96. The maximum absolute atomic E-state index is 12.3. The smallest absolute Gasteiger partial charge is 0.251 e. The van der Waals surface area contributed by atoms with E-state index >= 15 is 0 Å². The van der Waals surface area contributed by atoms with Crippen LogP contribution in [0.4, 0.5) is 0 Å². The standard InChI is InChI=1S/C14H24N2O2S/c1-8-9(2)19-14(15-8)16-13(17)12-7-10-5-3-4-6-11(10)18-12/h8-12,14-15H,3-7H2,1-2H3,(H,16,17). The number of carbonyl (C=O) groups excluding carboxylic acids is 1. The van der Waals surface area contributed by atoms with Crippen LogP contribution >= 0.6 is 11.8 Å². The molecule has 2 N–H and O–H groups in total. The lowest BCUT2D eigenvalue weighted by Gasteiger charge is -2.23. The van der Waals surface area contributed by atoms with Gasteiger partial charge in [-0.25, -0.2) is 0 Å². The van der Waals surface area contributed by atoms with Gasteiger partial charge in [0.25, 0.3) is 5.91 Å². The van der Waals surface area contributed by atoms with E-state index in [4.69, 9.17) is 4.74 Å². The highest BCUT2D eigenvalue weighted by molar-refractivity contribution is 8.00. The molecular formula is C14H24N2O2S. The summed E-state index contributed by atoms with van der Waals surface area (Å²) < 4.78 is 5.94. The van der Waals surface area contributed by atoms with Gasteiger partial charge in [0, 0.05) is 11.3 Å². The number of carbonyl (C=O) groups is 1. The van der Waals surface area contributed by atoms with Crippen molar-refractivity contribution in [3.63, 3.8) is 0 Å². The third-order valence-corrected chi connectivity index (χ3v) is 6.09. The Morgan fingerprint density at radius 1 is 1.32 bits per heavy atom. The Kier molecular flexibility index (Phi) is 4.06. The molecule has 4 nitrogen and oxygen atoms in total. The molecule has 2 saturated heterocycles. The molecule has 0 bridgehead atoms. The zero-order chi connectivity index (χ0) is 13.4. The van der Waals surface area contributed by atoms with Crippen molar-refractivity contribution in [1.29, 1.82) is 0 Å². The average molecular weight is 284 g/mol. The third-order valence-electron chi connectivity index (χ3n) is 4.73. The highest BCUT2D eigenvalue weighted by atomic mass is 32.2. The lowest BCUT2D eigenvalue weighted by molar-refractivity contribution is -0.132. The number of hydrogen-bond donors (Lipinski definition) is 2. The summed E-state index contributed by atoms with van der Waals surface area (Å²) in [7, 11) is 0. The van der Waals surface area contributed by atoms with Crippen molar-refractivity contribution in [2.75, 3.05) is 0 Å². The third kappa shape index (κ3) is 2.93. The maximum Gasteiger partial charge on any atom is 0.251 e. The second-order valence-corrected chi connectivity index (χ2v) is 7.62. The summed E-state index contributed by atoms with van der Waals surface area (Å²) in [5.41, 5.74) is 0.0451. The van der Waals surface area contributed by atoms with E-state index in [2.05, 4.69) is 24.5 Å². The van der Waals surface area contributed by atoms with E-state index in [1.54, 1.807) is 11.8 Å². The van der Waals surface area contributed by atoms with Crippen LogP contribution in [0.2, 0.25) is 0 Å². The van der Waals surface area contributed by atoms with Crippen LogP contribution in [-0.2, 0) is 9.53 Å². The van der Waals surface area contributed by atoms with Crippen LogP contribution in [0.1, 0.15) is 46.0 Å².